The summed E-state index contributed by atoms with van der Waals surface area (Å²) in [6, 6.07) is 16.6. The van der Waals surface area contributed by atoms with Crippen LogP contribution in [0.2, 0.25) is 5.02 Å². The maximum Gasteiger partial charge on any atom is 0.308 e. The van der Waals surface area contributed by atoms with Gasteiger partial charge in [0, 0.05) is 10.7 Å². The first-order valence-electron chi connectivity index (χ1n) is 6.91. The molecular weight excluding hydrogens is 286 g/mol. The van der Waals surface area contributed by atoms with Crippen LogP contribution in [-0.4, -0.2) is 11.1 Å². The number of para-hydroxylation sites is 1. The van der Waals surface area contributed by atoms with E-state index in [1.165, 1.54) is 0 Å². The second-order valence-corrected chi connectivity index (χ2v) is 5.33. The number of nitrogens with one attached hydrogen (secondary N) is 1. The summed E-state index contributed by atoms with van der Waals surface area (Å²) in [5, 5.41) is 13.4. The van der Waals surface area contributed by atoms with E-state index >= 15 is 0 Å². The van der Waals surface area contributed by atoms with Crippen molar-refractivity contribution in [1.29, 1.82) is 0 Å². The number of rotatable bonds is 6. The SMILES string of the molecule is CCC(C(=O)O)C(Nc1ccccc1)c1ccc(Cl)cc1. The zero-order valence-corrected chi connectivity index (χ0v) is 12.5. The number of aliphatic carboxylic acids is 1. The lowest BCUT2D eigenvalue weighted by Crippen LogP contribution is -2.27. The molecular formula is C17H18ClNO2. The molecule has 0 spiro atoms. The zero-order chi connectivity index (χ0) is 15.2. The van der Waals surface area contributed by atoms with Gasteiger partial charge in [-0.05, 0) is 36.2 Å². The first kappa shape index (κ1) is 15.4. The smallest absolute Gasteiger partial charge is 0.308 e. The average Bonchev–Trinajstić information content (AvgIpc) is 2.48. The van der Waals surface area contributed by atoms with Crippen LogP contribution in [0, 0.1) is 5.92 Å². The minimum atomic E-state index is -0.805. The predicted octanol–water partition coefficient (Wildman–Crippen LogP) is 4.60. The monoisotopic (exact) mass is 303 g/mol. The number of carbonyl (C=O) groups is 1. The summed E-state index contributed by atoms with van der Waals surface area (Å²) in [5.74, 6) is -1.31. The molecule has 2 N–H and O–H groups in total. The Balaban J connectivity index is 2.34. The van der Waals surface area contributed by atoms with Crippen molar-refractivity contribution in [3.8, 4) is 0 Å². The topological polar surface area (TPSA) is 49.3 Å². The van der Waals surface area contributed by atoms with Crippen LogP contribution in [0.15, 0.2) is 54.6 Å². The molecule has 0 aliphatic carbocycles. The first-order valence-corrected chi connectivity index (χ1v) is 7.29. The number of carboxylic acid groups (broad SMARTS) is 1. The zero-order valence-electron chi connectivity index (χ0n) is 11.8. The second-order valence-electron chi connectivity index (χ2n) is 4.89. The highest BCUT2D eigenvalue weighted by molar-refractivity contribution is 6.30. The van der Waals surface area contributed by atoms with Crippen LogP contribution >= 0.6 is 11.6 Å². The summed E-state index contributed by atoms with van der Waals surface area (Å²) in [6.45, 7) is 1.88. The third kappa shape index (κ3) is 3.99. The van der Waals surface area contributed by atoms with Gasteiger partial charge in [0.25, 0.3) is 0 Å². The third-order valence-electron chi connectivity index (χ3n) is 3.48. The summed E-state index contributed by atoms with van der Waals surface area (Å²) >= 11 is 5.92. The Kier molecular flexibility index (Phi) is 5.23. The number of benzene rings is 2. The molecule has 21 heavy (non-hydrogen) atoms. The van der Waals surface area contributed by atoms with Gasteiger partial charge in [0.2, 0.25) is 0 Å². The normalized spacial score (nSPS) is 13.4. The molecule has 0 radical (unpaired) electrons. The first-order chi connectivity index (χ1) is 10.1. The van der Waals surface area contributed by atoms with Gasteiger partial charge in [0.1, 0.15) is 0 Å². The number of halogens is 1. The third-order valence-corrected chi connectivity index (χ3v) is 3.74. The van der Waals surface area contributed by atoms with E-state index in [4.69, 9.17) is 11.6 Å². The Morgan fingerprint density at radius 1 is 1.14 bits per heavy atom. The highest BCUT2D eigenvalue weighted by Crippen LogP contribution is 2.30. The van der Waals surface area contributed by atoms with Crippen LogP contribution in [-0.2, 0) is 4.79 Å². The standard InChI is InChI=1S/C17H18ClNO2/c1-2-15(17(20)21)16(12-8-10-13(18)11-9-12)19-14-6-4-3-5-7-14/h3-11,15-16,19H,2H2,1H3,(H,20,21). The lowest BCUT2D eigenvalue weighted by Gasteiger charge is -2.26. The fourth-order valence-corrected chi connectivity index (χ4v) is 2.48. The van der Waals surface area contributed by atoms with Crippen molar-refractivity contribution in [2.75, 3.05) is 5.32 Å². The van der Waals surface area contributed by atoms with Crippen molar-refractivity contribution in [2.45, 2.75) is 19.4 Å². The summed E-state index contributed by atoms with van der Waals surface area (Å²) in [6.07, 6.45) is 0.544. The van der Waals surface area contributed by atoms with E-state index < -0.39 is 11.9 Å². The van der Waals surface area contributed by atoms with Crippen LogP contribution in [0.3, 0.4) is 0 Å². The molecule has 2 aromatic carbocycles. The van der Waals surface area contributed by atoms with E-state index in [1.54, 1.807) is 12.1 Å². The highest BCUT2D eigenvalue weighted by atomic mass is 35.5. The number of carboxylic acids is 1. The molecule has 0 aliphatic rings. The van der Waals surface area contributed by atoms with Gasteiger partial charge in [-0.1, -0.05) is 48.9 Å². The molecule has 2 atom stereocenters. The summed E-state index contributed by atoms with van der Waals surface area (Å²) in [7, 11) is 0. The molecule has 0 amide bonds. The molecule has 0 saturated heterocycles. The van der Waals surface area contributed by atoms with Crippen molar-refractivity contribution in [3.63, 3.8) is 0 Å². The summed E-state index contributed by atoms with van der Waals surface area (Å²) in [5.41, 5.74) is 1.81. The molecule has 0 bridgehead atoms. The highest BCUT2D eigenvalue weighted by Gasteiger charge is 2.27. The fraction of sp³-hybridized carbons (Fsp3) is 0.235. The van der Waals surface area contributed by atoms with E-state index in [1.807, 2.05) is 49.4 Å². The molecule has 0 heterocycles. The van der Waals surface area contributed by atoms with Crippen LogP contribution in [0.5, 0.6) is 0 Å². The molecule has 0 fully saturated rings. The average molecular weight is 304 g/mol. The Hall–Kier alpha value is -2.00. The maximum atomic E-state index is 11.5. The molecule has 2 rings (SSSR count). The van der Waals surface area contributed by atoms with Crippen molar-refractivity contribution < 1.29 is 9.90 Å². The predicted molar refractivity (Wildman–Crippen MR) is 85.7 cm³/mol. The second kappa shape index (κ2) is 7.14. The lowest BCUT2D eigenvalue weighted by molar-refractivity contribution is -0.142. The van der Waals surface area contributed by atoms with Crippen molar-refractivity contribution >= 4 is 23.3 Å². The van der Waals surface area contributed by atoms with Gasteiger partial charge >= 0.3 is 5.97 Å². The number of hydrogen-bond acceptors (Lipinski definition) is 2. The van der Waals surface area contributed by atoms with Crippen molar-refractivity contribution in [2.24, 2.45) is 5.92 Å². The fourth-order valence-electron chi connectivity index (χ4n) is 2.35. The van der Waals surface area contributed by atoms with Gasteiger partial charge in [-0.2, -0.15) is 0 Å². The van der Waals surface area contributed by atoms with Gasteiger partial charge in [0.05, 0.1) is 12.0 Å². The van der Waals surface area contributed by atoms with E-state index in [-0.39, 0.29) is 6.04 Å². The van der Waals surface area contributed by atoms with E-state index in [9.17, 15) is 9.90 Å². The van der Waals surface area contributed by atoms with E-state index in [0.717, 1.165) is 11.3 Å². The number of hydrogen-bond donors (Lipinski definition) is 2. The largest absolute Gasteiger partial charge is 0.481 e. The summed E-state index contributed by atoms with van der Waals surface area (Å²) < 4.78 is 0. The Bertz CT molecular complexity index is 583. The van der Waals surface area contributed by atoms with Crippen molar-refractivity contribution in [1.82, 2.24) is 0 Å². The molecule has 0 aromatic heterocycles. The maximum absolute atomic E-state index is 11.5. The van der Waals surface area contributed by atoms with Gasteiger partial charge in [0.15, 0.2) is 0 Å². The van der Waals surface area contributed by atoms with Crippen LogP contribution in [0.1, 0.15) is 24.9 Å². The van der Waals surface area contributed by atoms with Crippen LogP contribution < -0.4 is 5.32 Å². The molecule has 3 nitrogen and oxygen atoms in total. The molecule has 0 saturated carbocycles. The Morgan fingerprint density at radius 2 is 1.76 bits per heavy atom. The van der Waals surface area contributed by atoms with Crippen LogP contribution in [0.4, 0.5) is 5.69 Å². The van der Waals surface area contributed by atoms with E-state index in [2.05, 4.69) is 5.32 Å². The molecule has 110 valence electrons. The summed E-state index contributed by atoms with van der Waals surface area (Å²) in [4.78, 5) is 11.5. The number of anilines is 1. The molecule has 0 aliphatic heterocycles. The molecule has 2 aromatic rings. The lowest BCUT2D eigenvalue weighted by atomic mass is 9.90. The molecule has 2 unspecified atom stereocenters. The van der Waals surface area contributed by atoms with Gasteiger partial charge < -0.3 is 10.4 Å². The quantitative estimate of drug-likeness (QED) is 0.819. The Morgan fingerprint density at radius 3 is 2.29 bits per heavy atom. The van der Waals surface area contributed by atoms with Crippen molar-refractivity contribution in [3.05, 3.63) is 65.2 Å². The van der Waals surface area contributed by atoms with E-state index in [0.29, 0.717) is 11.4 Å². The van der Waals surface area contributed by atoms with Crippen LogP contribution in [0.25, 0.3) is 0 Å². The van der Waals surface area contributed by atoms with Gasteiger partial charge in [-0.25, -0.2) is 0 Å². The Labute approximate surface area is 129 Å². The van der Waals surface area contributed by atoms with Gasteiger partial charge in [-0.3, -0.25) is 4.79 Å². The van der Waals surface area contributed by atoms with Gasteiger partial charge in [-0.15, -0.1) is 0 Å². The minimum absolute atomic E-state index is 0.299. The molecule has 4 heteroatoms. The minimum Gasteiger partial charge on any atom is -0.481 e.